The summed E-state index contributed by atoms with van der Waals surface area (Å²) in [6.45, 7) is 1.81. The van der Waals surface area contributed by atoms with E-state index in [1.165, 1.54) is 0 Å². The molecule has 0 saturated heterocycles. The summed E-state index contributed by atoms with van der Waals surface area (Å²) in [6, 6.07) is 24.1. The van der Waals surface area contributed by atoms with Gasteiger partial charge in [-0.25, -0.2) is 5.43 Å². The second kappa shape index (κ2) is 6.64. The van der Waals surface area contributed by atoms with Crippen LogP contribution in [0.5, 0.6) is 0 Å². The summed E-state index contributed by atoms with van der Waals surface area (Å²) in [7, 11) is 0. The Morgan fingerprint density at radius 3 is 2.15 bits per heavy atom. The molecule has 1 fully saturated rings. The minimum absolute atomic E-state index is 0.0661. The molecule has 1 saturated carbocycles. The van der Waals surface area contributed by atoms with Gasteiger partial charge in [0, 0.05) is 5.41 Å². The smallest absolute Gasteiger partial charge is 0.244 e. The quantitative estimate of drug-likeness (QED) is 0.559. The van der Waals surface area contributed by atoms with E-state index in [1.54, 1.807) is 12.3 Å². The Hall–Kier alpha value is -3.14. The molecule has 1 unspecified atom stereocenters. The minimum atomic E-state index is -0.277. The van der Waals surface area contributed by atoms with Gasteiger partial charge in [-0.3, -0.25) is 4.79 Å². The topological polar surface area (TPSA) is 54.6 Å². The fourth-order valence-corrected chi connectivity index (χ4v) is 3.61. The molecule has 1 N–H and O–H groups in total. The zero-order valence-electron chi connectivity index (χ0n) is 14.6. The molecule has 0 spiro atoms. The summed E-state index contributed by atoms with van der Waals surface area (Å²) < 4.78 is 5.30. The molecule has 0 aliphatic heterocycles. The molecule has 2 aromatic carbocycles. The van der Waals surface area contributed by atoms with Crippen molar-refractivity contribution in [2.75, 3.05) is 0 Å². The highest BCUT2D eigenvalue weighted by Gasteiger charge is 2.60. The molecule has 4 rings (SSSR count). The van der Waals surface area contributed by atoms with Gasteiger partial charge in [-0.05, 0) is 36.6 Å². The van der Waals surface area contributed by atoms with Crippen molar-refractivity contribution in [3.8, 4) is 0 Å². The molecule has 1 aliphatic carbocycles. The number of nitrogens with zero attached hydrogens (tertiary/aromatic N) is 1. The third-order valence-corrected chi connectivity index (χ3v) is 5.07. The number of nitrogens with one attached hydrogen (secondary N) is 1. The van der Waals surface area contributed by atoms with E-state index < -0.39 is 0 Å². The Morgan fingerprint density at radius 2 is 1.62 bits per heavy atom. The zero-order chi connectivity index (χ0) is 18.0. The summed E-state index contributed by atoms with van der Waals surface area (Å²) in [5.74, 6) is 0.447. The van der Waals surface area contributed by atoms with E-state index >= 15 is 0 Å². The van der Waals surface area contributed by atoms with E-state index in [-0.39, 0.29) is 17.2 Å². The first-order chi connectivity index (χ1) is 12.7. The van der Waals surface area contributed by atoms with Crippen LogP contribution in [-0.2, 0) is 10.2 Å². The van der Waals surface area contributed by atoms with Crippen LogP contribution < -0.4 is 5.43 Å². The lowest BCUT2D eigenvalue weighted by molar-refractivity contribution is -0.122. The summed E-state index contributed by atoms with van der Waals surface area (Å²) >= 11 is 0. The number of rotatable bonds is 5. The Kier molecular flexibility index (Phi) is 4.17. The van der Waals surface area contributed by atoms with Crippen LogP contribution in [0.3, 0.4) is 0 Å². The number of hydrogen-bond acceptors (Lipinski definition) is 3. The van der Waals surface area contributed by atoms with Crippen molar-refractivity contribution in [1.29, 1.82) is 0 Å². The first-order valence-electron chi connectivity index (χ1n) is 8.71. The van der Waals surface area contributed by atoms with Crippen molar-refractivity contribution in [3.63, 3.8) is 0 Å². The van der Waals surface area contributed by atoms with E-state index in [2.05, 4.69) is 34.8 Å². The summed E-state index contributed by atoms with van der Waals surface area (Å²) in [6.07, 6.45) is 2.37. The lowest BCUT2D eigenvalue weighted by atomic mass is 9.85. The first kappa shape index (κ1) is 16.3. The SMILES string of the molecule is C/C(=N\NC(=O)C1CC1(c1ccccc1)c1ccccc1)c1ccco1. The molecule has 26 heavy (non-hydrogen) atoms. The summed E-state index contributed by atoms with van der Waals surface area (Å²) in [4.78, 5) is 12.8. The van der Waals surface area contributed by atoms with Gasteiger partial charge in [0.05, 0.1) is 12.2 Å². The highest BCUT2D eigenvalue weighted by molar-refractivity contribution is 5.97. The lowest BCUT2D eigenvalue weighted by Crippen LogP contribution is -2.26. The van der Waals surface area contributed by atoms with Gasteiger partial charge in [0.15, 0.2) is 0 Å². The van der Waals surface area contributed by atoms with Crippen molar-refractivity contribution in [2.24, 2.45) is 11.0 Å². The zero-order valence-corrected chi connectivity index (χ0v) is 14.6. The molecule has 0 radical (unpaired) electrons. The molecule has 4 nitrogen and oxygen atoms in total. The van der Waals surface area contributed by atoms with Crippen LogP contribution in [0.1, 0.15) is 30.2 Å². The number of hydrogen-bond donors (Lipinski definition) is 1. The van der Waals surface area contributed by atoms with E-state index in [0.717, 1.165) is 17.5 Å². The molecule has 0 bridgehead atoms. The fourth-order valence-electron chi connectivity index (χ4n) is 3.61. The molecule has 130 valence electrons. The maximum Gasteiger partial charge on any atom is 0.244 e. The second-order valence-electron chi connectivity index (χ2n) is 6.61. The monoisotopic (exact) mass is 344 g/mol. The van der Waals surface area contributed by atoms with Gasteiger partial charge in [-0.2, -0.15) is 5.10 Å². The highest BCUT2D eigenvalue weighted by atomic mass is 16.3. The molecule has 1 atom stereocenters. The summed E-state index contributed by atoms with van der Waals surface area (Å²) in [5.41, 5.74) is 5.42. The van der Waals surface area contributed by atoms with Gasteiger partial charge >= 0.3 is 0 Å². The molecule has 1 amide bonds. The molecular weight excluding hydrogens is 324 g/mol. The average molecular weight is 344 g/mol. The van der Waals surface area contributed by atoms with Crippen molar-refractivity contribution in [2.45, 2.75) is 18.8 Å². The second-order valence-corrected chi connectivity index (χ2v) is 6.61. The van der Waals surface area contributed by atoms with Crippen molar-refractivity contribution < 1.29 is 9.21 Å². The van der Waals surface area contributed by atoms with Crippen LogP contribution in [-0.4, -0.2) is 11.6 Å². The van der Waals surface area contributed by atoms with Crippen LogP contribution >= 0.6 is 0 Å². The van der Waals surface area contributed by atoms with Crippen LogP contribution in [0.2, 0.25) is 0 Å². The minimum Gasteiger partial charge on any atom is -0.463 e. The third-order valence-electron chi connectivity index (χ3n) is 5.07. The van der Waals surface area contributed by atoms with E-state index in [0.29, 0.717) is 11.5 Å². The predicted molar refractivity (Wildman–Crippen MR) is 101 cm³/mol. The number of amides is 1. The van der Waals surface area contributed by atoms with Crippen molar-refractivity contribution in [3.05, 3.63) is 95.9 Å². The van der Waals surface area contributed by atoms with Crippen molar-refractivity contribution >= 4 is 11.6 Å². The van der Waals surface area contributed by atoms with E-state index in [9.17, 15) is 4.79 Å². The van der Waals surface area contributed by atoms with Crippen LogP contribution in [0.4, 0.5) is 0 Å². The molecule has 4 heteroatoms. The number of benzene rings is 2. The highest BCUT2D eigenvalue weighted by Crippen LogP contribution is 2.58. The third kappa shape index (κ3) is 2.84. The van der Waals surface area contributed by atoms with Gasteiger partial charge in [0.2, 0.25) is 5.91 Å². The number of carbonyl (C=O) groups is 1. The van der Waals surface area contributed by atoms with E-state index in [4.69, 9.17) is 4.42 Å². The Bertz CT molecular complexity index is 876. The Morgan fingerprint density at radius 1 is 1.00 bits per heavy atom. The van der Waals surface area contributed by atoms with Crippen LogP contribution in [0.25, 0.3) is 0 Å². The molecule has 1 aromatic heterocycles. The van der Waals surface area contributed by atoms with Crippen LogP contribution in [0, 0.1) is 5.92 Å². The molecule has 3 aromatic rings. The number of hydrazone groups is 1. The molecule has 1 heterocycles. The Balaban J connectivity index is 1.59. The lowest BCUT2D eigenvalue weighted by Gasteiger charge is -2.18. The maximum absolute atomic E-state index is 12.8. The molecular formula is C22H20N2O2. The van der Waals surface area contributed by atoms with Gasteiger partial charge in [0.25, 0.3) is 0 Å². The fraction of sp³-hybridized carbons (Fsp3) is 0.182. The Labute approximate surface area is 152 Å². The van der Waals surface area contributed by atoms with Gasteiger partial charge < -0.3 is 4.42 Å². The number of carbonyl (C=O) groups excluding carboxylic acids is 1. The first-order valence-corrected chi connectivity index (χ1v) is 8.71. The van der Waals surface area contributed by atoms with Crippen molar-refractivity contribution in [1.82, 2.24) is 5.43 Å². The largest absolute Gasteiger partial charge is 0.463 e. The average Bonchev–Trinajstić information content (AvgIpc) is 3.23. The van der Waals surface area contributed by atoms with E-state index in [1.807, 2.05) is 49.4 Å². The maximum atomic E-state index is 12.8. The normalized spacial score (nSPS) is 18.3. The summed E-state index contributed by atoms with van der Waals surface area (Å²) in [5, 5.41) is 4.20. The predicted octanol–water partition coefficient (Wildman–Crippen LogP) is 4.13. The van der Waals surface area contributed by atoms with Gasteiger partial charge in [0.1, 0.15) is 11.5 Å². The number of furan rings is 1. The molecule has 1 aliphatic rings. The van der Waals surface area contributed by atoms with Crippen LogP contribution in [0.15, 0.2) is 88.6 Å². The van der Waals surface area contributed by atoms with Gasteiger partial charge in [-0.15, -0.1) is 0 Å². The standard InChI is InChI=1S/C22H20N2O2/c1-16(20-13-8-14-26-20)23-24-21(25)19-15-22(19,17-9-4-2-5-10-17)18-11-6-3-7-12-18/h2-14,19H,15H2,1H3,(H,24,25)/b23-16+. The van der Waals surface area contributed by atoms with Gasteiger partial charge in [-0.1, -0.05) is 60.7 Å².